The van der Waals surface area contributed by atoms with Crippen LogP contribution in [0.15, 0.2) is 82.4 Å². The van der Waals surface area contributed by atoms with Gasteiger partial charge in [-0.05, 0) is 72.1 Å². The molecule has 5 rings (SSSR count). The highest BCUT2D eigenvalue weighted by atomic mass is 16.5. The maximum atomic E-state index is 12.5. The van der Waals surface area contributed by atoms with Crippen molar-refractivity contribution in [1.82, 2.24) is 14.5 Å². The SMILES string of the molecule is N#Cc1ccc2cc3c(=O)[nH]c(=O)nc-3n(-c3ccc(Oc4ccc(NC(=O)O)cc4)cc3)c2c1. The number of rotatable bonds is 4. The molecule has 10 heteroatoms. The molecule has 2 heterocycles. The molecule has 0 spiro atoms. The van der Waals surface area contributed by atoms with Gasteiger partial charge in [0.25, 0.3) is 5.56 Å². The summed E-state index contributed by atoms with van der Waals surface area (Å²) in [6.45, 7) is 0. The van der Waals surface area contributed by atoms with Gasteiger partial charge >= 0.3 is 11.8 Å². The molecule has 0 radical (unpaired) electrons. The summed E-state index contributed by atoms with van der Waals surface area (Å²) in [4.78, 5) is 41.4. The second kappa shape index (κ2) is 8.49. The van der Waals surface area contributed by atoms with Crippen LogP contribution in [0.4, 0.5) is 10.5 Å². The molecule has 3 aromatic rings. The lowest BCUT2D eigenvalue weighted by molar-refractivity contribution is 0.209. The zero-order valence-corrected chi connectivity index (χ0v) is 17.9. The lowest BCUT2D eigenvalue weighted by Gasteiger charge is -2.18. The average molecular weight is 465 g/mol. The lowest BCUT2D eigenvalue weighted by Crippen LogP contribution is -2.27. The molecule has 2 aliphatic heterocycles. The van der Waals surface area contributed by atoms with Crippen LogP contribution in [0.2, 0.25) is 0 Å². The van der Waals surface area contributed by atoms with Gasteiger partial charge in [-0.1, -0.05) is 6.07 Å². The molecule has 0 saturated carbocycles. The van der Waals surface area contributed by atoms with Crippen molar-refractivity contribution in [2.45, 2.75) is 0 Å². The zero-order valence-electron chi connectivity index (χ0n) is 17.9. The summed E-state index contributed by atoms with van der Waals surface area (Å²) in [7, 11) is 0. The Bertz CT molecular complexity index is 1710. The minimum absolute atomic E-state index is 0.163. The summed E-state index contributed by atoms with van der Waals surface area (Å²) in [5, 5.41) is 21.1. The van der Waals surface area contributed by atoms with Crippen LogP contribution >= 0.6 is 0 Å². The minimum Gasteiger partial charge on any atom is -0.465 e. The monoisotopic (exact) mass is 465 g/mol. The summed E-state index contributed by atoms with van der Waals surface area (Å²) in [6.07, 6.45) is -1.16. The van der Waals surface area contributed by atoms with E-state index in [1.165, 1.54) is 0 Å². The van der Waals surface area contributed by atoms with Gasteiger partial charge in [0.1, 0.15) is 11.5 Å². The maximum Gasteiger partial charge on any atom is 0.409 e. The van der Waals surface area contributed by atoms with E-state index in [9.17, 15) is 19.6 Å². The molecule has 3 N–H and O–H groups in total. The van der Waals surface area contributed by atoms with Crippen molar-refractivity contribution in [3.05, 3.63) is 99.2 Å². The summed E-state index contributed by atoms with van der Waals surface area (Å²) in [5.41, 5.74) is 0.937. The topological polar surface area (TPSA) is 150 Å². The van der Waals surface area contributed by atoms with Crippen molar-refractivity contribution in [2.24, 2.45) is 0 Å². The number of carbonyl (C=O) groups is 1. The van der Waals surface area contributed by atoms with E-state index in [-0.39, 0.29) is 11.4 Å². The van der Waals surface area contributed by atoms with E-state index in [0.717, 1.165) is 0 Å². The Morgan fingerprint density at radius 1 is 1.00 bits per heavy atom. The molecule has 2 aliphatic rings. The third-order valence-corrected chi connectivity index (χ3v) is 5.26. The molecule has 0 aliphatic carbocycles. The molecule has 0 fully saturated rings. The van der Waals surface area contributed by atoms with Gasteiger partial charge in [-0.2, -0.15) is 10.2 Å². The van der Waals surface area contributed by atoms with Crippen LogP contribution in [0.1, 0.15) is 5.56 Å². The summed E-state index contributed by atoms with van der Waals surface area (Å²) in [6, 6.07) is 22.1. The highest BCUT2D eigenvalue weighted by Gasteiger charge is 2.18. The van der Waals surface area contributed by atoms with Crippen LogP contribution < -0.4 is 21.3 Å². The molecule has 3 aromatic carbocycles. The van der Waals surface area contributed by atoms with Crippen molar-refractivity contribution in [3.63, 3.8) is 0 Å². The summed E-state index contributed by atoms with van der Waals surface area (Å²) >= 11 is 0. The number of amides is 1. The molecule has 1 amide bonds. The van der Waals surface area contributed by atoms with E-state index in [1.807, 2.05) is 0 Å². The zero-order chi connectivity index (χ0) is 24.5. The van der Waals surface area contributed by atoms with E-state index < -0.39 is 17.3 Å². The third-order valence-electron chi connectivity index (χ3n) is 5.26. The predicted molar refractivity (Wildman–Crippen MR) is 127 cm³/mol. The molecule has 0 aromatic heterocycles. The van der Waals surface area contributed by atoms with Gasteiger partial charge in [-0.25, -0.2) is 9.59 Å². The van der Waals surface area contributed by atoms with Crippen LogP contribution in [0.3, 0.4) is 0 Å². The highest BCUT2D eigenvalue weighted by Crippen LogP contribution is 2.30. The molecule has 35 heavy (non-hydrogen) atoms. The number of ether oxygens (including phenoxy) is 1. The van der Waals surface area contributed by atoms with Gasteiger partial charge in [0, 0.05) is 11.4 Å². The molecule has 0 atom stereocenters. The Balaban J connectivity index is 1.58. The van der Waals surface area contributed by atoms with Gasteiger partial charge in [0.15, 0.2) is 5.82 Å². The van der Waals surface area contributed by atoms with Crippen LogP contribution in [-0.4, -0.2) is 25.7 Å². The largest absolute Gasteiger partial charge is 0.465 e. The first-order chi connectivity index (χ1) is 16.9. The van der Waals surface area contributed by atoms with Crippen molar-refractivity contribution < 1.29 is 14.6 Å². The lowest BCUT2D eigenvalue weighted by atomic mass is 10.1. The van der Waals surface area contributed by atoms with Crippen molar-refractivity contribution in [1.29, 1.82) is 5.26 Å². The number of pyridine rings is 1. The van der Waals surface area contributed by atoms with Crippen LogP contribution in [0.5, 0.6) is 11.5 Å². The predicted octanol–water partition coefficient (Wildman–Crippen LogP) is 3.93. The fourth-order valence-electron chi connectivity index (χ4n) is 3.74. The number of nitrogens with one attached hydrogen (secondary N) is 2. The Labute approximate surface area is 196 Å². The maximum absolute atomic E-state index is 12.5. The van der Waals surface area contributed by atoms with Gasteiger partial charge in [-0.15, -0.1) is 0 Å². The fourth-order valence-corrected chi connectivity index (χ4v) is 3.74. The van der Waals surface area contributed by atoms with Gasteiger partial charge < -0.3 is 9.84 Å². The average Bonchev–Trinajstić information content (AvgIpc) is 2.84. The number of benzene rings is 3. The van der Waals surface area contributed by atoms with Crippen molar-refractivity contribution in [2.75, 3.05) is 5.32 Å². The molecule has 0 bridgehead atoms. The smallest absolute Gasteiger partial charge is 0.409 e. The number of H-pyrrole nitrogens is 1. The number of hydrogen-bond donors (Lipinski definition) is 3. The van der Waals surface area contributed by atoms with Gasteiger partial charge in [0.2, 0.25) is 0 Å². The van der Waals surface area contributed by atoms with E-state index >= 15 is 0 Å². The Kier molecular flexibility index (Phi) is 5.20. The number of fused-ring (bicyclic) bond motifs is 2. The molecular formula is C25H15N5O5. The van der Waals surface area contributed by atoms with Crippen LogP contribution in [0, 0.1) is 11.3 Å². The Morgan fingerprint density at radius 2 is 1.69 bits per heavy atom. The summed E-state index contributed by atoms with van der Waals surface area (Å²) in [5.74, 6) is 1.17. The van der Waals surface area contributed by atoms with E-state index in [4.69, 9.17) is 9.84 Å². The third kappa shape index (κ3) is 4.17. The molecule has 0 saturated heterocycles. The van der Waals surface area contributed by atoms with Crippen LogP contribution in [-0.2, 0) is 0 Å². The summed E-state index contributed by atoms with van der Waals surface area (Å²) < 4.78 is 7.48. The first kappa shape index (κ1) is 21.4. The normalized spacial score (nSPS) is 10.7. The first-order valence-corrected chi connectivity index (χ1v) is 10.3. The number of aromatic amines is 1. The molecular weight excluding hydrogens is 450 g/mol. The Hall–Kier alpha value is -5.43. The van der Waals surface area contributed by atoms with E-state index in [0.29, 0.717) is 39.3 Å². The number of hydrogen-bond acceptors (Lipinski definition) is 6. The Morgan fingerprint density at radius 3 is 2.34 bits per heavy atom. The number of aromatic nitrogens is 3. The first-order valence-electron chi connectivity index (χ1n) is 10.3. The van der Waals surface area contributed by atoms with Crippen molar-refractivity contribution in [3.8, 4) is 34.6 Å². The fraction of sp³-hybridized carbons (Fsp3) is 0. The second-order valence-corrected chi connectivity index (χ2v) is 7.52. The van der Waals surface area contributed by atoms with Gasteiger partial charge in [0.05, 0.1) is 22.7 Å². The van der Waals surface area contributed by atoms with E-state index in [1.54, 1.807) is 77.4 Å². The number of carboxylic acid groups (broad SMARTS) is 1. The number of nitriles is 1. The molecule has 0 unspecified atom stereocenters. The highest BCUT2D eigenvalue weighted by molar-refractivity contribution is 5.88. The quantitative estimate of drug-likeness (QED) is 0.340. The molecule has 10 nitrogen and oxygen atoms in total. The second-order valence-electron chi connectivity index (χ2n) is 7.52. The number of anilines is 1. The number of nitrogens with zero attached hydrogens (tertiary/aromatic N) is 3. The molecule has 170 valence electrons. The van der Waals surface area contributed by atoms with E-state index in [2.05, 4.69) is 21.4 Å². The van der Waals surface area contributed by atoms with Crippen LogP contribution in [0.25, 0.3) is 28.0 Å². The minimum atomic E-state index is -1.16. The van der Waals surface area contributed by atoms with Gasteiger partial charge in [-0.3, -0.25) is 19.7 Å². The standard InChI is InChI=1S/C25H15N5O5/c26-13-14-1-2-15-12-20-22(28-24(32)29-23(20)31)30(21(15)11-14)17-5-9-19(10-6-17)35-18-7-3-16(4-8-18)27-25(33)34/h1-12,27H,(H,33,34)(H,29,31,32). The van der Waals surface area contributed by atoms with Crippen molar-refractivity contribution >= 4 is 22.7 Å².